The van der Waals surface area contributed by atoms with Gasteiger partial charge in [-0.2, -0.15) is 5.26 Å². The molecule has 0 N–H and O–H groups in total. The van der Waals surface area contributed by atoms with Crippen molar-refractivity contribution in [3.05, 3.63) is 34.6 Å². The van der Waals surface area contributed by atoms with Crippen LogP contribution in [0.1, 0.15) is 57.9 Å². The summed E-state index contributed by atoms with van der Waals surface area (Å²) in [5.74, 6) is -0.347. The van der Waals surface area contributed by atoms with Crippen molar-refractivity contribution in [1.82, 2.24) is 0 Å². The summed E-state index contributed by atoms with van der Waals surface area (Å²) in [6.07, 6.45) is 5.89. The van der Waals surface area contributed by atoms with Crippen molar-refractivity contribution in [3.63, 3.8) is 0 Å². The van der Waals surface area contributed by atoms with Gasteiger partial charge in [0.15, 0.2) is 0 Å². The molecule has 1 aliphatic carbocycles. The number of halogens is 2. The van der Waals surface area contributed by atoms with E-state index in [4.69, 9.17) is 11.6 Å². The van der Waals surface area contributed by atoms with Crippen LogP contribution in [0.3, 0.4) is 0 Å². The lowest BCUT2D eigenvalue weighted by atomic mass is 9.48. The van der Waals surface area contributed by atoms with E-state index in [0.717, 1.165) is 38.5 Å². The van der Waals surface area contributed by atoms with Crippen LogP contribution in [-0.4, -0.2) is 0 Å². The molecular formula is C17H21ClFN. The highest BCUT2D eigenvalue weighted by molar-refractivity contribution is 6.31. The molecule has 108 valence electrons. The molecule has 0 amide bonds. The Kier molecular flexibility index (Phi) is 4.39. The first-order chi connectivity index (χ1) is 9.52. The second-order valence-corrected chi connectivity index (χ2v) is 6.55. The van der Waals surface area contributed by atoms with Gasteiger partial charge in [0.25, 0.3) is 0 Å². The minimum atomic E-state index is -0.729. The van der Waals surface area contributed by atoms with E-state index >= 15 is 0 Å². The van der Waals surface area contributed by atoms with Gasteiger partial charge >= 0.3 is 0 Å². The molecule has 0 aliphatic heterocycles. The van der Waals surface area contributed by atoms with E-state index in [2.05, 4.69) is 19.9 Å². The van der Waals surface area contributed by atoms with Crippen LogP contribution in [0.4, 0.5) is 4.39 Å². The average molecular weight is 294 g/mol. The van der Waals surface area contributed by atoms with E-state index in [1.165, 1.54) is 6.07 Å². The molecule has 1 aromatic carbocycles. The molecule has 0 spiro atoms. The third-order valence-corrected chi connectivity index (χ3v) is 4.88. The van der Waals surface area contributed by atoms with Crippen LogP contribution >= 0.6 is 11.6 Å². The van der Waals surface area contributed by atoms with Gasteiger partial charge in [0.2, 0.25) is 0 Å². The van der Waals surface area contributed by atoms with Gasteiger partial charge in [0.05, 0.1) is 11.5 Å². The number of nitrogens with zero attached hydrogens (tertiary/aromatic N) is 1. The highest BCUT2D eigenvalue weighted by atomic mass is 35.5. The molecule has 20 heavy (non-hydrogen) atoms. The van der Waals surface area contributed by atoms with E-state index < -0.39 is 5.41 Å². The van der Waals surface area contributed by atoms with Crippen LogP contribution < -0.4 is 0 Å². The standard InChI is InChI=1S/C17H21ClFN/c1-3-8-16(9-4-2)10-17(11-16,12-20)15-13(18)6-5-7-14(15)19/h5-7H,3-4,8-11H2,1-2H3. The maximum absolute atomic E-state index is 14.1. The lowest BCUT2D eigenvalue weighted by molar-refractivity contribution is 0.0339. The SMILES string of the molecule is CCCC1(CCC)CC(C#N)(c2c(F)cccc2Cl)C1. The first-order valence-corrected chi connectivity index (χ1v) is 7.76. The number of hydrogen-bond acceptors (Lipinski definition) is 1. The smallest absolute Gasteiger partial charge is 0.129 e. The second-order valence-electron chi connectivity index (χ2n) is 6.14. The van der Waals surface area contributed by atoms with Crippen molar-refractivity contribution in [3.8, 4) is 6.07 Å². The number of nitriles is 1. The molecule has 0 bridgehead atoms. The highest BCUT2D eigenvalue weighted by Gasteiger charge is 2.56. The van der Waals surface area contributed by atoms with Crippen molar-refractivity contribution in [2.75, 3.05) is 0 Å². The Morgan fingerprint density at radius 3 is 2.30 bits per heavy atom. The summed E-state index contributed by atoms with van der Waals surface area (Å²) in [5.41, 5.74) is -0.121. The molecule has 2 rings (SSSR count). The molecule has 0 radical (unpaired) electrons. The molecule has 1 fully saturated rings. The summed E-state index contributed by atoms with van der Waals surface area (Å²) < 4.78 is 14.1. The van der Waals surface area contributed by atoms with E-state index in [-0.39, 0.29) is 11.2 Å². The molecule has 1 aliphatic rings. The third-order valence-electron chi connectivity index (χ3n) is 4.57. The van der Waals surface area contributed by atoms with Crippen LogP contribution in [0.15, 0.2) is 18.2 Å². The molecule has 1 aromatic rings. The highest BCUT2D eigenvalue weighted by Crippen LogP contribution is 2.61. The Labute approximate surface area is 125 Å². The molecule has 0 aromatic heterocycles. The van der Waals surface area contributed by atoms with Crippen molar-refractivity contribution >= 4 is 11.6 Å². The topological polar surface area (TPSA) is 23.8 Å². The summed E-state index contributed by atoms with van der Waals surface area (Å²) in [7, 11) is 0. The average Bonchev–Trinajstić information content (AvgIpc) is 2.36. The summed E-state index contributed by atoms with van der Waals surface area (Å²) in [6.45, 7) is 4.33. The molecular weight excluding hydrogens is 273 g/mol. The lowest BCUT2D eigenvalue weighted by Gasteiger charge is -2.53. The van der Waals surface area contributed by atoms with E-state index in [0.29, 0.717) is 10.6 Å². The number of hydrogen-bond donors (Lipinski definition) is 0. The minimum absolute atomic E-state index is 0.199. The van der Waals surface area contributed by atoms with Gasteiger partial charge < -0.3 is 0 Å². The first-order valence-electron chi connectivity index (χ1n) is 7.38. The molecule has 0 heterocycles. The van der Waals surface area contributed by atoms with Gasteiger partial charge in [-0.25, -0.2) is 4.39 Å². The Morgan fingerprint density at radius 2 is 1.85 bits per heavy atom. The van der Waals surface area contributed by atoms with Crippen molar-refractivity contribution in [1.29, 1.82) is 5.26 Å². The summed E-state index contributed by atoms with van der Waals surface area (Å²) >= 11 is 6.16. The Morgan fingerprint density at radius 1 is 1.25 bits per heavy atom. The molecule has 0 atom stereocenters. The van der Waals surface area contributed by atoms with Crippen molar-refractivity contribution < 1.29 is 4.39 Å². The van der Waals surface area contributed by atoms with Crippen molar-refractivity contribution in [2.24, 2.45) is 5.41 Å². The van der Waals surface area contributed by atoms with Crippen LogP contribution in [0, 0.1) is 22.6 Å². The van der Waals surface area contributed by atoms with E-state index in [9.17, 15) is 9.65 Å². The number of benzene rings is 1. The fourth-order valence-corrected chi connectivity index (χ4v) is 4.38. The van der Waals surface area contributed by atoms with Gasteiger partial charge in [-0.1, -0.05) is 44.4 Å². The predicted molar refractivity (Wildman–Crippen MR) is 80.2 cm³/mol. The summed E-state index contributed by atoms with van der Waals surface area (Å²) in [5, 5.41) is 10.0. The summed E-state index contributed by atoms with van der Waals surface area (Å²) in [6, 6.07) is 7.04. The van der Waals surface area contributed by atoms with Gasteiger partial charge in [-0.05, 0) is 43.2 Å². The van der Waals surface area contributed by atoms with Gasteiger partial charge in [-0.15, -0.1) is 0 Å². The molecule has 3 heteroatoms. The maximum Gasteiger partial charge on any atom is 0.129 e. The predicted octanol–water partition coefficient (Wildman–Crippen LogP) is 5.62. The zero-order valence-electron chi connectivity index (χ0n) is 12.2. The van der Waals surface area contributed by atoms with Crippen LogP contribution in [0.25, 0.3) is 0 Å². The molecule has 1 nitrogen and oxygen atoms in total. The minimum Gasteiger partial charge on any atom is -0.207 e. The zero-order chi connectivity index (χ0) is 14.8. The fraction of sp³-hybridized carbons (Fsp3) is 0.588. The largest absolute Gasteiger partial charge is 0.207 e. The third kappa shape index (κ3) is 2.44. The van der Waals surface area contributed by atoms with E-state index in [1.807, 2.05) is 0 Å². The zero-order valence-corrected chi connectivity index (χ0v) is 12.9. The Balaban J connectivity index is 2.34. The maximum atomic E-state index is 14.1. The van der Waals surface area contributed by atoms with Crippen LogP contribution in [0.2, 0.25) is 5.02 Å². The normalized spacial score (nSPS) is 19.1. The Hall–Kier alpha value is -1.07. The van der Waals surface area contributed by atoms with Gasteiger partial charge in [0, 0.05) is 10.6 Å². The summed E-state index contributed by atoms with van der Waals surface area (Å²) in [4.78, 5) is 0. The van der Waals surface area contributed by atoms with Gasteiger partial charge in [0.1, 0.15) is 5.82 Å². The van der Waals surface area contributed by atoms with Crippen LogP contribution in [0.5, 0.6) is 0 Å². The molecule has 0 saturated heterocycles. The van der Waals surface area contributed by atoms with Gasteiger partial charge in [-0.3, -0.25) is 0 Å². The number of rotatable bonds is 5. The van der Waals surface area contributed by atoms with Crippen LogP contribution in [-0.2, 0) is 5.41 Å². The van der Waals surface area contributed by atoms with Crippen molar-refractivity contribution in [2.45, 2.75) is 57.8 Å². The molecule has 1 saturated carbocycles. The second kappa shape index (κ2) is 5.74. The quantitative estimate of drug-likeness (QED) is 0.691. The fourth-order valence-electron chi connectivity index (χ4n) is 4.03. The monoisotopic (exact) mass is 293 g/mol. The Bertz CT molecular complexity index is 498. The molecule has 0 unspecified atom stereocenters. The first kappa shape index (κ1) is 15.3. The lowest BCUT2D eigenvalue weighted by Crippen LogP contribution is -2.49. The van der Waals surface area contributed by atoms with E-state index in [1.54, 1.807) is 12.1 Å².